The SMILES string of the molecule is CC1(C)CN(C(Cc2ccccc2Cl)C(F)(F)F)NC1=O. The first-order chi connectivity index (χ1) is 9.61. The second-order valence-corrected chi connectivity index (χ2v) is 6.21. The first-order valence-corrected chi connectivity index (χ1v) is 6.87. The van der Waals surface area contributed by atoms with E-state index in [0.29, 0.717) is 5.56 Å². The zero-order chi connectivity index (χ0) is 15.8. The van der Waals surface area contributed by atoms with Crippen molar-refractivity contribution in [2.45, 2.75) is 32.5 Å². The molecule has 0 aromatic heterocycles. The topological polar surface area (TPSA) is 32.3 Å². The highest BCUT2D eigenvalue weighted by Crippen LogP contribution is 2.33. The smallest absolute Gasteiger partial charge is 0.288 e. The third-order valence-electron chi connectivity index (χ3n) is 3.55. The lowest BCUT2D eigenvalue weighted by Crippen LogP contribution is -2.51. The average Bonchev–Trinajstić information content (AvgIpc) is 2.61. The van der Waals surface area contributed by atoms with Gasteiger partial charge < -0.3 is 0 Å². The van der Waals surface area contributed by atoms with E-state index in [1.807, 2.05) is 0 Å². The van der Waals surface area contributed by atoms with Gasteiger partial charge in [-0.25, -0.2) is 5.01 Å². The molecule has 7 heteroatoms. The van der Waals surface area contributed by atoms with E-state index in [0.717, 1.165) is 5.01 Å². The van der Waals surface area contributed by atoms with Crippen molar-refractivity contribution in [2.75, 3.05) is 6.54 Å². The molecular formula is C14H16ClF3N2O. The van der Waals surface area contributed by atoms with Crippen LogP contribution in [-0.2, 0) is 11.2 Å². The minimum atomic E-state index is -4.47. The Kier molecular flexibility index (Phi) is 4.22. The van der Waals surface area contributed by atoms with Crippen molar-refractivity contribution >= 4 is 17.5 Å². The van der Waals surface area contributed by atoms with Crippen molar-refractivity contribution < 1.29 is 18.0 Å². The second kappa shape index (κ2) is 5.50. The van der Waals surface area contributed by atoms with Gasteiger partial charge in [0.05, 0.1) is 5.41 Å². The van der Waals surface area contributed by atoms with Crippen molar-refractivity contribution in [1.29, 1.82) is 0 Å². The van der Waals surface area contributed by atoms with Crippen LogP contribution in [0.5, 0.6) is 0 Å². The lowest BCUT2D eigenvalue weighted by Gasteiger charge is -2.29. The number of alkyl halides is 3. The highest BCUT2D eigenvalue weighted by molar-refractivity contribution is 6.31. The maximum Gasteiger partial charge on any atom is 0.406 e. The highest BCUT2D eigenvalue weighted by atomic mass is 35.5. The predicted molar refractivity (Wildman–Crippen MR) is 73.6 cm³/mol. The molecule has 1 amide bonds. The summed E-state index contributed by atoms with van der Waals surface area (Å²) in [7, 11) is 0. The number of carbonyl (C=O) groups excluding carboxylic acids is 1. The zero-order valence-corrected chi connectivity index (χ0v) is 12.4. The van der Waals surface area contributed by atoms with Gasteiger partial charge in [0, 0.05) is 18.0 Å². The van der Waals surface area contributed by atoms with Crippen molar-refractivity contribution in [3.63, 3.8) is 0 Å². The number of carbonyl (C=O) groups is 1. The molecule has 0 spiro atoms. The van der Waals surface area contributed by atoms with Gasteiger partial charge in [-0.1, -0.05) is 29.8 Å². The van der Waals surface area contributed by atoms with Gasteiger partial charge in [-0.2, -0.15) is 13.2 Å². The molecule has 116 valence electrons. The lowest BCUT2D eigenvalue weighted by molar-refractivity contribution is -0.188. The lowest BCUT2D eigenvalue weighted by atomic mass is 9.94. The molecule has 1 N–H and O–H groups in total. The number of nitrogens with zero attached hydrogens (tertiary/aromatic N) is 1. The average molecular weight is 321 g/mol. The molecule has 1 aliphatic rings. The van der Waals surface area contributed by atoms with E-state index in [1.165, 1.54) is 0 Å². The van der Waals surface area contributed by atoms with Gasteiger partial charge in [0.15, 0.2) is 0 Å². The number of amides is 1. The summed E-state index contributed by atoms with van der Waals surface area (Å²) in [5.41, 5.74) is 1.88. The summed E-state index contributed by atoms with van der Waals surface area (Å²) in [6, 6.07) is 4.61. The van der Waals surface area contributed by atoms with Crippen LogP contribution in [0.2, 0.25) is 5.02 Å². The molecule has 1 saturated heterocycles. The molecule has 1 fully saturated rings. The molecule has 0 aliphatic carbocycles. The molecule has 0 bridgehead atoms. The van der Waals surface area contributed by atoms with Crippen LogP contribution >= 0.6 is 11.6 Å². The Bertz CT molecular complexity index is 545. The Hall–Kier alpha value is -1.27. The number of halogens is 4. The maximum atomic E-state index is 13.3. The minimum absolute atomic E-state index is 0.000459. The fourth-order valence-corrected chi connectivity index (χ4v) is 2.49. The van der Waals surface area contributed by atoms with Crippen LogP contribution in [0.4, 0.5) is 13.2 Å². The Labute approximate surface area is 126 Å². The van der Waals surface area contributed by atoms with Crippen molar-refractivity contribution in [2.24, 2.45) is 5.41 Å². The van der Waals surface area contributed by atoms with Crippen LogP contribution in [0.3, 0.4) is 0 Å². The summed E-state index contributed by atoms with van der Waals surface area (Å²) >= 11 is 5.94. The van der Waals surface area contributed by atoms with E-state index in [4.69, 9.17) is 11.6 Å². The number of hydrogen-bond donors (Lipinski definition) is 1. The normalized spacial score (nSPS) is 20.4. The first-order valence-electron chi connectivity index (χ1n) is 6.49. The maximum absolute atomic E-state index is 13.3. The molecule has 0 saturated carbocycles. The van der Waals surface area contributed by atoms with Gasteiger partial charge in [-0.3, -0.25) is 10.2 Å². The van der Waals surface area contributed by atoms with Crippen LogP contribution in [0.15, 0.2) is 24.3 Å². The number of hydrazine groups is 1. The summed E-state index contributed by atoms with van der Waals surface area (Å²) in [5.74, 6) is -0.407. The Morgan fingerprint density at radius 2 is 2.00 bits per heavy atom. The van der Waals surface area contributed by atoms with Gasteiger partial charge in [0.1, 0.15) is 6.04 Å². The number of rotatable bonds is 3. The fraction of sp³-hybridized carbons (Fsp3) is 0.500. The molecular weight excluding hydrogens is 305 g/mol. The highest BCUT2D eigenvalue weighted by Gasteiger charge is 2.50. The number of benzene rings is 1. The monoisotopic (exact) mass is 320 g/mol. The summed E-state index contributed by atoms with van der Waals surface area (Å²) in [6.45, 7) is 3.23. The van der Waals surface area contributed by atoms with Crippen molar-refractivity contribution in [3.05, 3.63) is 34.9 Å². The van der Waals surface area contributed by atoms with Gasteiger partial charge >= 0.3 is 6.18 Å². The molecule has 21 heavy (non-hydrogen) atoms. The standard InChI is InChI=1S/C14H16ClF3N2O/c1-13(2)8-20(19-12(13)21)11(14(16,17)18)7-9-5-3-4-6-10(9)15/h3-6,11H,7-8H2,1-2H3,(H,19,21). The first kappa shape index (κ1) is 16.1. The van der Waals surface area contributed by atoms with E-state index < -0.39 is 23.5 Å². The van der Waals surface area contributed by atoms with Crippen LogP contribution in [0.25, 0.3) is 0 Å². The Morgan fingerprint density at radius 3 is 2.48 bits per heavy atom. The van der Waals surface area contributed by atoms with Crippen molar-refractivity contribution in [1.82, 2.24) is 10.4 Å². The van der Waals surface area contributed by atoms with Gasteiger partial charge in [0.2, 0.25) is 5.91 Å². The van der Waals surface area contributed by atoms with E-state index in [-0.39, 0.29) is 18.0 Å². The fourth-order valence-electron chi connectivity index (χ4n) is 2.28. The Morgan fingerprint density at radius 1 is 1.38 bits per heavy atom. The van der Waals surface area contributed by atoms with Crippen LogP contribution in [-0.4, -0.2) is 29.7 Å². The van der Waals surface area contributed by atoms with Gasteiger partial charge in [-0.05, 0) is 25.5 Å². The molecule has 1 aromatic rings. The van der Waals surface area contributed by atoms with Crippen LogP contribution in [0.1, 0.15) is 19.4 Å². The summed E-state index contributed by atoms with van der Waals surface area (Å²) in [4.78, 5) is 11.7. The quantitative estimate of drug-likeness (QED) is 0.927. The molecule has 1 atom stereocenters. The van der Waals surface area contributed by atoms with E-state index >= 15 is 0 Å². The van der Waals surface area contributed by atoms with Gasteiger partial charge in [0.25, 0.3) is 0 Å². The van der Waals surface area contributed by atoms with Crippen LogP contribution in [0, 0.1) is 5.41 Å². The number of hydrogen-bond acceptors (Lipinski definition) is 2. The summed E-state index contributed by atoms with van der Waals surface area (Å²) < 4.78 is 40.0. The predicted octanol–water partition coefficient (Wildman–Crippen LogP) is 3.19. The molecule has 1 unspecified atom stereocenters. The van der Waals surface area contributed by atoms with Crippen LogP contribution < -0.4 is 5.43 Å². The molecule has 3 nitrogen and oxygen atoms in total. The molecule has 1 aromatic carbocycles. The van der Waals surface area contributed by atoms with E-state index in [2.05, 4.69) is 5.43 Å². The molecule has 1 heterocycles. The van der Waals surface area contributed by atoms with Gasteiger partial charge in [-0.15, -0.1) is 0 Å². The molecule has 2 rings (SSSR count). The Balaban J connectivity index is 2.25. The largest absolute Gasteiger partial charge is 0.406 e. The van der Waals surface area contributed by atoms with Crippen molar-refractivity contribution in [3.8, 4) is 0 Å². The second-order valence-electron chi connectivity index (χ2n) is 5.81. The third-order valence-corrected chi connectivity index (χ3v) is 3.92. The van der Waals surface area contributed by atoms with E-state index in [1.54, 1.807) is 38.1 Å². The molecule has 0 radical (unpaired) electrons. The molecule has 1 aliphatic heterocycles. The zero-order valence-electron chi connectivity index (χ0n) is 11.7. The van der Waals surface area contributed by atoms with E-state index in [9.17, 15) is 18.0 Å². The number of nitrogens with one attached hydrogen (secondary N) is 1. The summed E-state index contributed by atoms with van der Waals surface area (Å²) in [6.07, 6.45) is -4.77. The summed E-state index contributed by atoms with van der Waals surface area (Å²) in [5, 5.41) is 1.25. The third kappa shape index (κ3) is 3.49. The minimum Gasteiger partial charge on any atom is -0.288 e.